The Balaban J connectivity index is 3.05. The summed E-state index contributed by atoms with van der Waals surface area (Å²) < 4.78 is 0. The molecule has 0 saturated heterocycles. The van der Waals surface area contributed by atoms with Gasteiger partial charge in [-0.1, -0.05) is 34.1 Å². The number of hydrogen-bond acceptors (Lipinski definition) is 2. The summed E-state index contributed by atoms with van der Waals surface area (Å²) in [4.78, 5) is 25.1. The molecule has 0 aromatic rings. The normalized spacial score (nSPS) is 18.0. The van der Waals surface area contributed by atoms with Gasteiger partial charge in [0.2, 0.25) is 0 Å². The minimum atomic E-state index is 0.104. The molecule has 1 rings (SSSR count). The molecule has 0 saturated carbocycles. The van der Waals surface area contributed by atoms with Gasteiger partial charge in [0.1, 0.15) is 0 Å². The third kappa shape index (κ3) is 4.39. The molecule has 0 heterocycles. The molecule has 21 heavy (non-hydrogen) atoms. The molecule has 1 unspecified atom stereocenters. The standard InChI is InChI=1S/C19H30O2/c1-7-13(4)9-11-17-16(10-8-12(2)3)18(20)14(5)15(6)19(17)21/h12-13H,7-11H2,1-6H3. The van der Waals surface area contributed by atoms with Gasteiger partial charge in [-0.25, -0.2) is 0 Å². The fourth-order valence-corrected chi connectivity index (χ4v) is 2.62. The van der Waals surface area contributed by atoms with Crippen LogP contribution >= 0.6 is 0 Å². The van der Waals surface area contributed by atoms with Gasteiger partial charge in [0.25, 0.3) is 0 Å². The van der Waals surface area contributed by atoms with Gasteiger partial charge >= 0.3 is 0 Å². The van der Waals surface area contributed by atoms with Crippen LogP contribution in [0.15, 0.2) is 22.3 Å². The van der Waals surface area contributed by atoms with E-state index >= 15 is 0 Å². The molecule has 118 valence electrons. The van der Waals surface area contributed by atoms with Crippen LogP contribution in [-0.4, -0.2) is 11.6 Å². The van der Waals surface area contributed by atoms with Gasteiger partial charge in [0.05, 0.1) is 0 Å². The summed E-state index contributed by atoms with van der Waals surface area (Å²) in [6, 6.07) is 0. The summed E-state index contributed by atoms with van der Waals surface area (Å²) in [5, 5.41) is 0. The predicted octanol–water partition coefficient (Wildman–Crippen LogP) is 5.03. The molecule has 1 aliphatic rings. The van der Waals surface area contributed by atoms with E-state index in [1.807, 2.05) is 0 Å². The van der Waals surface area contributed by atoms with Crippen molar-refractivity contribution in [3.05, 3.63) is 22.3 Å². The SMILES string of the molecule is CCC(C)CCC1=C(CCC(C)C)C(=O)C(C)=C(C)C1=O. The lowest BCUT2D eigenvalue weighted by molar-refractivity contribution is -0.116. The van der Waals surface area contributed by atoms with Crippen molar-refractivity contribution in [1.29, 1.82) is 0 Å². The first-order chi connectivity index (χ1) is 9.79. The second kappa shape index (κ2) is 7.72. The lowest BCUT2D eigenvalue weighted by Crippen LogP contribution is -2.22. The van der Waals surface area contributed by atoms with Crippen LogP contribution in [0.25, 0.3) is 0 Å². The molecule has 1 atom stereocenters. The van der Waals surface area contributed by atoms with E-state index in [-0.39, 0.29) is 11.6 Å². The molecule has 0 bridgehead atoms. The lowest BCUT2D eigenvalue weighted by atomic mass is 9.80. The average molecular weight is 290 g/mol. The summed E-state index contributed by atoms with van der Waals surface area (Å²) in [5.41, 5.74) is 2.88. The van der Waals surface area contributed by atoms with Gasteiger partial charge in [-0.15, -0.1) is 0 Å². The molecule has 0 N–H and O–H groups in total. The van der Waals surface area contributed by atoms with Gasteiger partial charge in [-0.2, -0.15) is 0 Å². The quantitative estimate of drug-likeness (QED) is 0.616. The second-order valence-electron chi connectivity index (χ2n) is 6.85. The minimum absolute atomic E-state index is 0.104. The first kappa shape index (κ1) is 17.9. The van der Waals surface area contributed by atoms with Crippen molar-refractivity contribution in [2.45, 2.75) is 73.6 Å². The van der Waals surface area contributed by atoms with E-state index in [2.05, 4.69) is 27.7 Å². The highest BCUT2D eigenvalue weighted by atomic mass is 16.1. The van der Waals surface area contributed by atoms with E-state index < -0.39 is 0 Å². The fraction of sp³-hybridized carbons (Fsp3) is 0.684. The maximum atomic E-state index is 12.6. The molecule has 1 aliphatic carbocycles. The Morgan fingerprint density at radius 1 is 0.810 bits per heavy atom. The maximum Gasteiger partial charge on any atom is 0.185 e. The van der Waals surface area contributed by atoms with Crippen LogP contribution < -0.4 is 0 Å². The molecule has 0 aromatic heterocycles. The third-order valence-electron chi connectivity index (χ3n) is 4.71. The second-order valence-corrected chi connectivity index (χ2v) is 6.85. The molecule has 0 fully saturated rings. The van der Waals surface area contributed by atoms with Crippen LogP contribution in [0.3, 0.4) is 0 Å². The number of ketones is 2. The van der Waals surface area contributed by atoms with Crippen LogP contribution in [-0.2, 0) is 9.59 Å². The van der Waals surface area contributed by atoms with Crippen LogP contribution in [0.1, 0.15) is 73.6 Å². The van der Waals surface area contributed by atoms with Crippen LogP contribution in [0, 0.1) is 11.8 Å². The van der Waals surface area contributed by atoms with Gasteiger partial charge < -0.3 is 0 Å². The zero-order valence-electron chi connectivity index (χ0n) is 14.5. The Hall–Kier alpha value is -1.18. The zero-order valence-corrected chi connectivity index (χ0v) is 14.5. The van der Waals surface area contributed by atoms with Crippen LogP contribution in [0.5, 0.6) is 0 Å². The van der Waals surface area contributed by atoms with Crippen molar-refractivity contribution < 1.29 is 9.59 Å². The van der Waals surface area contributed by atoms with Gasteiger partial charge in [0, 0.05) is 22.3 Å². The average Bonchev–Trinajstić information content (AvgIpc) is 2.45. The summed E-state index contributed by atoms with van der Waals surface area (Å²) in [7, 11) is 0. The lowest BCUT2D eigenvalue weighted by Gasteiger charge is -2.22. The van der Waals surface area contributed by atoms with Crippen molar-refractivity contribution in [1.82, 2.24) is 0 Å². The van der Waals surface area contributed by atoms with E-state index in [1.54, 1.807) is 13.8 Å². The Labute approximate surface area is 129 Å². The monoisotopic (exact) mass is 290 g/mol. The number of allylic oxidation sites excluding steroid dienone is 4. The predicted molar refractivity (Wildman–Crippen MR) is 88.2 cm³/mol. The Kier molecular flexibility index (Phi) is 6.57. The fourth-order valence-electron chi connectivity index (χ4n) is 2.62. The highest BCUT2D eigenvalue weighted by Crippen LogP contribution is 2.31. The molecule has 0 amide bonds. The summed E-state index contributed by atoms with van der Waals surface area (Å²) >= 11 is 0. The molecule has 0 aromatic carbocycles. The van der Waals surface area contributed by atoms with E-state index in [4.69, 9.17) is 0 Å². The molecular weight excluding hydrogens is 260 g/mol. The van der Waals surface area contributed by atoms with Crippen molar-refractivity contribution in [3.8, 4) is 0 Å². The summed E-state index contributed by atoms with van der Waals surface area (Å²) in [5.74, 6) is 1.35. The number of Topliss-reactive ketones (excluding diaryl/α,β-unsaturated/α-hetero) is 2. The van der Waals surface area contributed by atoms with Gasteiger partial charge in [0.15, 0.2) is 11.6 Å². The smallest absolute Gasteiger partial charge is 0.185 e. The van der Waals surface area contributed by atoms with Gasteiger partial charge in [-0.3, -0.25) is 9.59 Å². The Morgan fingerprint density at radius 2 is 1.24 bits per heavy atom. The summed E-state index contributed by atoms with van der Waals surface area (Å²) in [6.07, 6.45) is 4.56. The van der Waals surface area contributed by atoms with Crippen molar-refractivity contribution in [2.24, 2.45) is 11.8 Å². The highest BCUT2D eigenvalue weighted by molar-refractivity contribution is 6.24. The molecule has 0 radical (unpaired) electrons. The van der Waals surface area contributed by atoms with Crippen LogP contribution in [0.2, 0.25) is 0 Å². The van der Waals surface area contributed by atoms with Crippen LogP contribution in [0.4, 0.5) is 0 Å². The topological polar surface area (TPSA) is 34.1 Å². The number of carbonyl (C=O) groups is 2. The molecular formula is C19H30O2. The minimum Gasteiger partial charge on any atom is -0.289 e. The molecule has 2 heteroatoms. The number of hydrogen-bond donors (Lipinski definition) is 0. The van der Waals surface area contributed by atoms with Crippen molar-refractivity contribution >= 4 is 11.6 Å². The number of carbonyl (C=O) groups excluding carboxylic acids is 2. The number of rotatable bonds is 7. The van der Waals surface area contributed by atoms with Gasteiger partial charge in [-0.05, 0) is 51.4 Å². The molecule has 0 aliphatic heterocycles. The van der Waals surface area contributed by atoms with E-state index in [0.717, 1.165) is 43.3 Å². The van der Waals surface area contributed by atoms with Crippen molar-refractivity contribution in [3.63, 3.8) is 0 Å². The van der Waals surface area contributed by atoms with Crippen molar-refractivity contribution in [2.75, 3.05) is 0 Å². The Bertz CT molecular complexity index is 478. The third-order valence-corrected chi connectivity index (χ3v) is 4.71. The van der Waals surface area contributed by atoms with E-state index in [1.165, 1.54) is 0 Å². The Morgan fingerprint density at radius 3 is 1.62 bits per heavy atom. The largest absolute Gasteiger partial charge is 0.289 e. The summed E-state index contributed by atoms with van der Waals surface area (Å²) in [6.45, 7) is 12.3. The highest BCUT2D eigenvalue weighted by Gasteiger charge is 2.29. The first-order valence-electron chi connectivity index (χ1n) is 8.28. The van der Waals surface area contributed by atoms with E-state index in [0.29, 0.717) is 23.0 Å². The first-order valence-corrected chi connectivity index (χ1v) is 8.28. The maximum absolute atomic E-state index is 12.6. The molecule has 0 spiro atoms. The zero-order chi connectivity index (χ0) is 16.2. The van der Waals surface area contributed by atoms with E-state index in [9.17, 15) is 9.59 Å². The molecule has 2 nitrogen and oxygen atoms in total.